The van der Waals surface area contributed by atoms with Crippen molar-refractivity contribution in [3.05, 3.63) is 71.3 Å². The van der Waals surface area contributed by atoms with Crippen LogP contribution >= 0.6 is 12.6 Å². The molecular weight excluding hydrogens is 240 g/mol. The van der Waals surface area contributed by atoms with Gasteiger partial charge in [0.25, 0.3) is 0 Å². The van der Waals surface area contributed by atoms with E-state index in [1.807, 2.05) is 36.4 Å². The smallest absolute Gasteiger partial charge is 0.146 e. The summed E-state index contributed by atoms with van der Waals surface area (Å²) in [6.45, 7) is 0. The van der Waals surface area contributed by atoms with E-state index in [9.17, 15) is 4.79 Å². The molecular formula is C16H16OS. The molecule has 0 N–H and O–H groups in total. The summed E-state index contributed by atoms with van der Waals surface area (Å²) < 4.78 is 0. The minimum Gasteiger partial charge on any atom is -0.298 e. The summed E-state index contributed by atoms with van der Waals surface area (Å²) in [7, 11) is 0. The van der Waals surface area contributed by atoms with Crippen molar-refractivity contribution >= 4 is 18.4 Å². The van der Waals surface area contributed by atoms with Crippen molar-refractivity contribution in [2.75, 3.05) is 5.75 Å². The van der Waals surface area contributed by atoms with Crippen molar-refractivity contribution < 1.29 is 4.79 Å². The first-order valence-corrected chi connectivity index (χ1v) is 6.66. The molecule has 0 aliphatic heterocycles. The molecule has 0 aromatic heterocycles. The van der Waals surface area contributed by atoms with Gasteiger partial charge in [-0.15, -0.1) is 0 Å². The van der Waals surface area contributed by atoms with E-state index in [1.54, 1.807) is 0 Å². The Morgan fingerprint density at radius 3 is 2.17 bits per heavy atom. The van der Waals surface area contributed by atoms with Gasteiger partial charge in [-0.1, -0.05) is 54.6 Å². The van der Waals surface area contributed by atoms with Crippen LogP contribution in [0.25, 0.3) is 0 Å². The summed E-state index contributed by atoms with van der Waals surface area (Å²) in [5.41, 5.74) is 3.60. The quantitative estimate of drug-likeness (QED) is 0.812. The molecule has 0 amide bonds. The van der Waals surface area contributed by atoms with E-state index in [-0.39, 0.29) is 5.78 Å². The van der Waals surface area contributed by atoms with E-state index in [4.69, 9.17) is 0 Å². The topological polar surface area (TPSA) is 17.1 Å². The van der Waals surface area contributed by atoms with Crippen molar-refractivity contribution in [2.24, 2.45) is 0 Å². The monoisotopic (exact) mass is 256 g/mol. The lowest BCUT2D eigenvalue weighted by Crippen LogP contribution is -2.06. The molecule has 2 aromatic rings. The first-order valence-electron chi connectivity index (χ1n) is 6.03. The van der Waals surface area contributed by atoms with Crippen LogP contribution in [-0.4, -0.2) is 11.5 Å². The van der Waals surface area contributed by atoms with Crippen LogP contribution in [0.4, 0.5) is 0 Å². The molecule has 0 fully saturated rings. The first kappa shape index (κ1) is 12.9. The second-order valence-corrected chi connectivity index (χ2v) is 4.62. The SMILES string of the molecule is O=C(CS)Cc1ccccc1Cc1ccccc1. The van der Waals surface area contributed by atoms with Crippen LogP contribution in [0, 0.1) is 0 Å². The van der Waals surface area contributed by atoms with Crippen molar-refractivity contribution in [3.8, 4) is 0 Å². The van der Waals surface area contributed by atoms with E-state index in [1.165, 1.54) is 11.1 Å². The van der Waals surface area contributed by atoms with Crippen molar-refractivity contribution in [1.82, 2.24) is 0 Å². The maximum Gasteiger partial charge on any atom is 0.146 e. The van der Waals surface area contributed by atoms with Crippen molar-refractivity contribution in [1.29, 1.82) is 0 Å². The van der Waals surface area contributed by atoms with Gasteiger partial charge in [0.2, 0.25) is 0 Å². The zero-order valence-corrected chi connectivity index (χ0v) is 11.1. The second kappa shape index (κ2) is 6.41. The third-order valence-electron chi connectivity index (χ3n) is 2.92. The van der Waals surface area contributed by atoms with Crippen LogP contribution in [0.3, 0.4) is 0 Å². The van der Waals surface area contributed by atoms with Gasteiger partial charge in [-0.05, 0) is 23.1 Å². The summed E-state index contributed by atoms with van der Waals surface area (Å²) in [6, 6.07) is 18.4. The molecule has 2 aromatic carbocycles. The minimum absolute atomic E-state index is 0.166. The number of benzene rings is 2. The number of carbonyl (C=O) groups is 1. The lowest BCUT2D eigenvalue weighted by Gasteiger charge is -2.08. The normalized spacial score (nSPS) is 10.3. The van der Waals surface area contributed by atoms with Gasteiger partial charge in [-0.3, -0.25) is 4.79 Å². The molecule has 0 atom stereocenters. The minimum atomic E-state index is 0.166. The van der Waals surface area contributed by atoms with Gasteiger partial charge in [0.15, 0.2) is 0 Å². The molecule has 2 rings (SSSR count). The lowest BCUT2D eigenvalue weighted by molar-refractivity contribution is -0.115. The number of hydrogen-bond acceptors (Lipinski definition) is 2. The van der Waals surface area contributed by atoms with Gasteiger partial charge in [0, 0.05) is 12.2 Å². The van der Waals surface area contributed by atoms with Gasteiger partial charge in [0.05, 0.1) is 0 Å². The first-order chi connectivity index (χ1) is 8.79. The third-order valence-corrected chi connectivity index (χ3v) is 3.27. The molecule has 0 aliphatic rings. The predicted octanol–water partition coefficient (Wildman–Crippen LogP) is 3.32. The second-order valence-electron chi connectivity index (χ2n) is 4.30. The molecule has 18 heavy (non-hydrogen) atoms. The van der Waals surface area contributed by atoms with Crippen LogP contribution in [0.5, 0.6) is 0 Å². The average molecular weight is 256 g/mol. The maximum absolute atomic E-state index is 11.5. The highest BCUT2D eigenvalue weighted by Crippen LogP contribution is 2.15. The fourth-order valence-electron chi connectivity index (χ4n) is 1.99. The van der Waals surface area contributed by atoms with E-state index in [2.05, 4.69) is 30.8 Å². The summed E-state index contributed by atoms with van der Waals surface area (Å²) >= 11 is 4.03. The number of hydrogen-bond donors (Lipinski definition) is 1. The lowest BCUT2D eigenvalue weighted by atomic mass is 9.97. The zero-order chi connectivity index (χ0) is 12.8. The van der Waals surface area contributed by atoms with Crippen molar-refractivity contribution in [3.63, 3.8) is 0 Å². The molecule has 0 spiro atoms. The summed E-state index contributed by atoms with van der Waals surface area (Å²) in [6.07, 6.45) is 1.35. The van der Waals surface area contributed by atoms with E-state index in [0.717, 1.165) is 12.0 Å². The molecule has 1 nitrogen and oxygen atoms in total. The highest BCUT2D eigenvalue weighted by molar-refractivity contribution is 7.81. The summed E-state index contributed by atoms with van der Waals surface area (Å²) in [4.78, 5) is 11.5. The third kappa shape index (κ3) is 3.47. The Hall–Kier alpha value is -1.54. The standard InChI is InChI=1S/C16H16OS/c17-16(12-18)11-15-9-5-4-8-14(15)10-13-6-2-1-3-7-13/h1-9,18H,10-12H2. The molecule has 2 heteroatoms. The number of Topliss-reactive ketones (excluding diaryl/α,β-unsaturated/α-hetero) is 1. The highest BCUT2D eigenvalue weighted by Gasteiger charge is 2.06. The predicted molar refractivity (Wildman–Crippen MR) is 78.3 cm³/mol. The van der Waals surface area contributed by atoms with Crippen LogP contribution < -0.4 is 0 Å². The number of carbonyl (C=O) groups excluding carboxylic acids is 1. The Morgan fingerprint density at radius 1 is 0.889 bits per heavy atom. The fourth-order valence-corrected chi connectivity index (χ4v) is 2.10. The molecule has 0 saturated carbocycles. The number of ketones is 1. The van der Waals surface area contributed by atoms with Crippen molar-refractivity contribution in [2.45, 2.75) is 12.8 Å². The number of thiol groups is 1. The highest BCUT2D eigenvalue weighted by atomic mass is 32.1. The molecule has 0 radical (unpaired) electrons. The van der Waals surface area contributed by atoms with E-state index < -0.39 is 0 Å². The maximum atomic E-state index is 11.5. The summed E-state index contributed by atoms with van der Waals surface area (Å²) in [5, 5.41) is 0. The largest absolute Gasteiger partial charge is 0.298 e. The van der Waals surface area contributed by atoms with Crippen LogP contribution in [-0.2, 0) is 17.6 Å². The molecule has 0 heterocycles. The average Bonchev–Trinajstić information content (AvgIpc) is 2.42. The zero-order valence-electron chi connectivity index (χ0n) is 10.2. The van der Waals surface area contributed by atoms with E-state index >= 15 is 0 Å². The van der Waals surface area contributed by atoms with Crippen LogP contribution in [0.2, 0.25) is 0 Å². The molecule has 92 valence electrons. The van der Waals surface area contributed by atoms with Gasteiger partial charge < -0.3 is 0 Å². The Morgan fingerprint density at radius 2 is 1.50 bits per heavy atom. The molecule has 0 aliphatic carbocycles. The molecule has 0 bridgehead atoms. The van der Waals surface area contributed by atoms with Crippen LogP contribution in [0.1, 0.15) is 16.7 Å². The Balaban J connectivity index is 2.20. The Bertz CT molecular complexity index is 520. The van der Waals surface area contributed by atoms with Gasteiger partial charge in [0.1, 0.15) is 5.78 Å². The van der Waals surface area contributed by atoms with E-state index in [0.29, 0.717) is 12.2 Å². The fraction of sp³-hybridized carbons (Fsp3) is 0.188. The Kier molecular flexibility index (Phi) is 4.59. The van der Waals surface area contributed by atoms with Crippen LogP contribution in [0.15, 0.2) is 54.6 Å². The number of rotatable bonds is 5. The van der Waals surface area contributed by atoms with Gasteiger partial charge >= 0.3 is 0 Å². The summed E-state index contributed by atoms with van der Waals surface area (Å²) in [5.74, 6) is 0.471. The van der Waals surface area contributed by atoms with Gasteiger partial charge in [-0.25, -0.2) is 0 Å². The molecule has 0 unspecified atom stereocenters. The Labute approximate surface area is 113 Å². The van der Waals surface area contributed by atoms with Gasteiger partial charge in [-0.2, -0.15) is 12.6 Å². The molecule has 0 saturated heterocycles.